The van der Waals surface area contributed by atoms with Gasteiger partial charge >= 0.3 is 0 Å². The maximum atomic E-state index is 12.8. The standard InChI is InChI=1S/C22H24N4O4S2/c1-16(12-23-32(27,28)21-8-4-7-20-22(21)25-31-24-20)30-19-6-3-5-17(11-19)13-26(2)14-18-9-10-29-15-18/h3-11,15-16,23H,12-14H2,1-2H3/t16-/m0/s1. The summed E-state index contributed by atoms with van der Waals surface area (Å²) in [5.41, 5.74) is 3.16. The molecular formula is C22H24N4O4S2. The van der Waals surface area contributed by atoms with Crippen molar-refractivity contribution in [1.29, 1.82) is 0 Å². The highest BCUT2D eigenvalue weighted by Crippen LogP contribution is 2.21. The minimum Gasteiger partial charge on any atom is -0.489 e. The van der Waals surface area contributed by atoms with Crippen molar-refractivity contribution < 1.29 is 17.6 Å². The van der Waals surface area contributed by atoms with E-state index in [4.69, 9.17) is 9.15 Å². The molecule has 32 heavy (non-hydrogen) atoms. The molecule has 168 valence electrons. The Balaban J connectivity index is 1.34. The molecule has 0 fully saturated rings. The van der Waals surface area contributed by atoms with Crippen molar-refractivity contribution >= 4 is 32.8 Å². The Bertz CT molecular complexity index is 1270. The van der Waals surface area contributed by atoms with E-state index in [1.54, 1.807) is 24.7 Å². The number of nitrogens with one attached hydrogen (secondary N) is 1. The minimum absolute atomic E-state index is 0.124. The van der Waals surface area contributed by atoms with E-state index in [0.717, 1.165) is 35.9 Å². The molecule has 0 amide bonds. The van der Waals surface area contributed by atoms with Gasteiger partial charge in [-0.05, 0) is 49.9 Å². The van der Waals surface area contributed by atoms with Crippen LogP contribution in [-0.4, -0.2) is 41.8 Å². The molecule has 0 saturated carbocycles. The Morgan fingerprint density at radius 3 is 2.75 bits per heavy atom. The van der Waals surface area contributed by atoms with Gasteiger partial charge in [0.2, 0.25) is 10.0 Å². The fourth-order valence-corrected chi connectivity index (χ4v) is 5.24. The van der Waals surface area contributed by atoms with Crippen molar-refractivity contribution in [2.45, 2.75) is 31.0 Å². The second kappa shape index (κ2) is 9.78. The number of furan rings is 1. The molecule has 1 N–H and O–H groups in total. The molecule has 8 nitrogen and oxygen atoms in total. The average molecular weight is 473 g/mol. The fraction of sp³-hybridized carbons (Fsp3) is 0.273. The van der Waals surface area contributed by atoms with Crippen LogP contribution in [0.2, 0.25) is 0 Å². The molecule has 2 heterocycles. The van der Waals surface area contributed by atoms with Crippen LogP contribution in [0, 0.1) is 0 Å². The largest absolute Gasteiger partial charge is 0.489 e. The van der Waals surface area contributed by atoms with Gasteiger partial charge in [0.1, 0.15) is 27.8 Å². The number of sulfonamides is 1. The smallest absolute Gasteiger partial charge is 0.242 e. The van der Waals surface area contributed by atoms with Gasteiger partial charge in [-0.3, -0.25) is 4.90 Å². The molecule has 0 saturated heterocycles. The predicted molar refractivity (Wildman–Crippen MR) is 123 cm³/mol. The van der Waals surface area contributed by atoms with Crippen molar-refractivity contribution in [3.05, 3.63) is 72.2 Å². The summed E-state index contributed by atoms with van der Waals surface area (Å²) in [4.78, 5) is 2.30. The molecule has 0 spiro atoms. The normalized spacial score (nSPS) is 13.0. The Labute approximate surface area is 191 Å². The lowest BCUT2D eigenvalue weighted by Crippen LogP contribution is -2.33. The Kier molecular flexibility index (Phi) is 6.85. The molecular weight excluding hydrogens is 448 g/mol. The lowest BCUT2D eigenvalue weighted by Gasteiger charge is -2.18. The summed E-state index contributed by atoms with van der Waals surface area (Å²) in [6, 6.07) is 14.7. The number of hydrogen-bond acceptors (Lipinski definition) is 8. The van der Waals surface area contributed by atoms with E-state index in [1.807, 2.05) is 44.3 Å². The summed E-state index contributed by atoms with van der Waals surface area (Å²) in [6.45, 7) is 3.47. The van der Waals surface area contributed by atoms with E-state index in [0.29, 0.717) is 16.8 Å². The zero-order valence-corrected chi connectivity index (χ0v) is 19.4. The SMILES string of the molecule is C[C@@H](CNS(=O)(=O)c1cccc2nsnc12)Oc1cccc(CN(C)Cc2ccoc2)c1. The molecule has 4 aromatic rings. The lowest BCUT2D eigenvalue weighted by molar-refractivity contribution is 0.224. The molecule has 0 bridgehead atoms. The number of aromatic nitrogens is 2. The first-order valence-electron chi connectivity index (χ1n) is 10.1. The highest BCUT2D eigenvalue weighted by atomic mass is 32.2. The van der Waals surface area contributed by atoms with Crippen molar-refractivity contribution in [2.75, 3.05) is 13.6 Å². The summed E-state index contributed by atoms with van der Waals surface area (Å²) in [7, 11) is -1.70. The van der Waals surface area contributed by atoms with E-state index in [9.17, 15) is 8.42 Å². The Morgan fingerprint density at radius 1 is 1.12 bits per heavy atom. The van der Waals surface area contributed by atoms with Crippen LogP contribution >= 0.6 is 11.7 Å². The van der Waals surface area contributed by atoms with Crippen molar-refractivity contribution in [3.8, 4) is 5.75 Å². The first-order valence-corrected chi connectivity index (χ1v) is 12.3. The number of hydrogen-bond donors (Lipinski definition) is 1. The summed E-state index contributed by atoms with van der Waals surface area (Å²) in [5.74, 6) is 0.691. The van der Waals surface area contributed by atoms with Crippen molar-refractivity contribution in [1.82, 2.24) is 18.4 Å². The number of fused-ring (bicyclic) bond motifs is 1. The molecule has 4 rings (SSSR count). The first-order chi connectivity index (χ1) is 15.4. The molecule has 10 heteroatoms. The number of nitrogens with zero attached hydrogens (tertiary/aromatic N) is 3. The molecule has 1 atom stereocenters. The van der Waals surface area contributed by atoms with Crippen LogP contribution in [0.4, 0.5) is 0 Å². The first kappa shape index (κ1) is 22.4. The monoisotopic (exact) mass is 472 g/mol. The van der Waals surface area contributed by atoms with Gasteiger partial charge in [-0.1, -0.05) is 18.2 Å². The van der Waals surface area contributed by atoms with Gasteiger partial charge in [0, 0.05) is 25.2 Å². The maximum Gasteiger partial charge on any atom is 0.242 e. The Hall–Kier alpha value is -2.79. The maximum absolute atomic E-state index is 12.8. The van der Waals surface area contributed by atoms with Gasteiger partial charge < -0.3 is 9.15 Å². The summed E-state index contributed by atoms with van der Waals surface area (Å²) < 4.78 is 47.4. The van der Waals surface area contributed by atoms with Crippen molar-refractivity contribution in [3.63, 3.8) is 0 Å². The molecule has 0 radical (unpaired) electrons. The number of rotatable bonds is 10. The zero-order valence-electron chi connectivity index (χ0n) is 17.8. The number of ether oxygens (including phenoxy) is 1. The van der Waals surface area contributed by atoms with Crippen LogP contribution in [0.3, 0.4) is 0 Å². The van der Waals surface area contributed by atoms with E-state index in [-0.39, 0.29) is 17.5 Å². The zero-order chi connectivity index (χ0) is 22.6. The van der Waals surface area contributed by atoms with Gasteiger partial charge in [-0.25, -0.2) is 13.1 Å². The van der Waals surface area contributed by atoms with Crippen LogP contribution in [-0.2, 0) is 23.1 Å². The van der Waals surface area contributed by atoms with E-state index < -0.39 is 10.0 Å². The van der Waals surface area contributed by atoms with Crippen LogP contribution in [0.1, 0.15) is 18.1 Å². The van der Waals surface area contributed by atoms with Crippen LogP contribution < -0.4 is 9.46 Å². The summed E-state index contributed by atoms with van der Waals surface area (Å²) in [6.07, 6.45) is 3.04. The van der Waals surface area contributed by atoms with E-state index >= 15 is 0 Å². The van der Waals surface area contributed by atoms with Crippen molar-refractivity contribution in [2.24, 2.45) is 0 Å². The van der Waals surface area contributed by atoms with Gasteiger partial charge in [0.15, 0.2) is 0 Å². The summed E-state index contributed by atoms with van der Waals surface area (Å²) >= 11 is 0.990. The van der Waals surface area contributed by atoms with Gasteiger partial charge in [0.05, 0.1) is 24.3 Å². The van der Waals surface area contributed by atoms with Crippen LogP contribution in [0.25, 0.3) is 11.0 Å². The lowest BCUT2D eigenvalue weighted by atomic mass is 10.2. The predicted octanol–water partition coefficient (Wildman–Crippen LogP) is 3.66. The third-order valence-electron chi connectivity index (χ3n) is 4.82. The summed E-state index contributed by atoms with van der Waals surface area (Å²) in [5, 5.41) is 0. The molecule has 2 aromatic carbocycles. The van der Waals surface area contributed by atoms with E-state index in [1.165, 1.54) is 6.07 Å². The molecule has 0 aliphatic carbocycles. The topological polar surface area (TPSA) is 97.6 Å². The highest BCUT2D eigenvalue weighted by Gasteiger charge is 2.20. The fourth-order valence-electron chi connectivity index (χ4n) is 3.36. The van der Waals surface area contributed by atoms with Gasteiger partial charge in [0.25, 0.3) is 0 Å². The number of benzene rings is 2. The van der Waals surface area contributed by atoms with E-state index in [2.05, 4.69) is 18.4 Å². The Morgan fingerprint density at radius 2 is 1.94 bits per heavy atom. The third kappa shape index (κ3) is 5.52. The van der Waals surface area contributed by atoms with Gasteiger partial charge in [-0.15, -0.1) is 0 Å². The molecule has 0 unspecified atom stereocenters. The van der Waals surface area contributed by atoms with Gasteiger partial charge in [-0.2, -0.15) is 8.75 Å². The van der Waals surface area contributed by atoms with Crippen LogP contribution in [0.5, 0.6) is 5.75 Å². The quantitative estimate of drug-likeness (QED) is 0.376. The van der Waals surface area contributed by atoms with Crippen LogP contribution in [0.15, 0.2) is 70.4 Å². The second-order valence-corrected chi connectivity index (χ2v) is 9.88. The highest BCUT2D eigenvalue weighted by molar-refractivity contribution is 7.89. The third-order valence-corrected chi connectivity index (χ3v) is 6.82. The minimum atomic E-state index is -3.73. The molecule has 0 aliphatic rings. The molecule has 0 aliphatic heterocycles. The second-order valence-electron chi connectivity index (χ2n) is 7.62. The average Bonchev–Trinajstić information content (AvgIpc) is 3.44. The molecule has 2 aromatic heterocycles.